The number of ether oxygens (including phenoxy) is 3. The second-order valence-electron chi connectivity index (χ2n) is 5.25. The van der Waals surface area contributed by atoms with Crippen LogP contribution in [0.5, 0.6) is 11.6 Å². The van der Waals surface area contributed by atoms with Gasteiger partial charge in [0.15, 0.2) is 5.75 Å². The fraction of sp³-hybridized carbons (Fsp3) is 0.667. The molecule has 0 spiro atoms. The summed E-state index contributed by atoms with van der Waals surface area (Å²) >= 11 is 3.47. The highest BCUT2D eigenvalue weighted by Gasteiger charge is 2.16. The summed E-state index contributed by atoms with van der Waals surface area (Å²) in [6.45, 7) is 5.44. The highest BCUT2D eigenvalue weighted by atomic mass is 79.9. The zero-order chi connectivity index (χ0) is 15.8. The van der Waals surface area contributed by atoms with Crippen LogP contribution in [0, 0.1) is 5.92 Å². The highest BCUT2D eigenvalue weighted by molar-refractivity contribution is 9.10. The molecule has 120 valence electrons. The number of rotatable bonds is 9. The Balaban J connectivity index is 2.84. The summed E-state index contributed by atoms with van der Waals surface area (Å²) in [6, 6.07) is 2.03. The molecule has 0 fully saturated rings. The molecule has 0 aliphatic heterocycles. The molecule has 0 aromatic carbocycles. The maximum Gasteiger partial charge on any atom is 0.257 e. The van der Waals surface area contributed by atoms with E-state index < -0.39 is 0 Å². The van der Waals surface area contributed by atoms with Crippen LogP contribution < -0.4 is 15.2 Å². The molecule has 0 aliphatic carbocycles. The molecule has 0 amide bonds. The van der Waals surface area contributed by atoms with E-state index in [2.05, 4.69) is 34.8 Å². The van der Waals surface area contributed by atoms with Gasteiger partial charge in [0, 0.05) is 26.2 Å². The van der Waals surface area contributed by atoms with Crippen LogP contribution in [0.25, 0.3) is 0 Å². The molecule has 1 atom stereocenters. The first-order chi connectivity index (χ1) is 9.99. The standard InChI is InChI=1S/C15H25BrN2O3/c1-10(2)12(17)8-11-9-13(21-7-5-6-19-3)15(20-4)18-14(11)16/h9-10,12H,5-8,17H2,1-4H3/t12-/m0/s1. The third-order valence-corrected chi connectivity index (χ3v) is 3.92. The van der Waals surface area contributed by atoms with Gasteiger partial charge in [0.2, 0.25) is 0 Å². The number of nitrogens with two attached hydrogens (primary N) is 1. The van der Waals surface area contributed by atoms with Crippen LogP contribution in [0.1, 0.15) is 25.8 Å². The van der Waals surface area contributed by atoms with Gasteiger partial charge in [-0.25, -0.2) is 4.98 Å². The molecule has 1 heterocycles. The lowest BCUT2D eigenvalue weighted by Crippen LogP contribution is -2.29. The van der Waals surface area contributed by atoms with Crippen molar-refractivity contribution in [2.24, 2.45) is 11.7 Å². The largest absolute Gasteiger partial charge is 0.488 e. The Bertz CT molecular complexity index is 441. The minimum atomic E-state index is 0.0813. The van der Waals surface area contributed by atoms with Crippen molar-refractivity contribution < 1.29 is 14.2 Å². The minimum absolute atomic E-state index is 0.0813. The fourth-order valence-corrected chi connectivity index (χ4v) is 2.20. The van der Waals surface area contributed by atoms with E-state index >= 15 is 0 Å². The van der Waals surface area contributed by atoms with Gasteiger partial charge >= 0.3 is 0 Å². The number of nitrogens with zero attached hydrogens (tertiary/aromatic N) is 1. The lowest BCUT2D eigenvalue weighted by atomic mass is 9.98. The van der Waals surface area contributed by atoms with Gasteiger partial charge in [-0.1, -0.05) is 13.8 Å². The van der Waals surface area contributed by atoms with E-state index in [1.54, 1.807) is 14.2 Å². The summed E-state index contributed by atoms with van der Waals surface area (Å²) in [5.41, 5.74) is 7.17. The molecule has 21 heavy (non-hydrogen) atoms. The highest BCUT2D eigenvalue weighted by Crippen LogP contribution is 2.31. The van der Waals surface area contributed by atoms with Crippen molar-refractivity contribution in [1.82, 2.24) is 4.98 Å². The van der Waals surface area contributed by atoms with Gasteiger partial charge in [0.25, 0.3) is 5.88 Å². The normalized spacial score (nSPS) is 12.5. The van der Waals surface area contributed by atoms with E-state index in [9.17, 15) is 0 Å². The van der Waals surface area contributed by atoms with Gasteiger partial charge in [-0.15, -0.1) is 0 Å². The smallest absolute Gasteiger partial charge is 0.257 e. The summed E-state index contributed by atoms with van der Waals surface area (Å²) in [5.74, 6) is 1.52. The average molecular weight is 361 g/mol. The van der Waals surface area contributed by atoms with Crippen LogP contribution in [-0.2, 0) is 11.2 Å². The number of hydrogen-bond donors (Lipinski definition) is 1. The molecule has 6 heteroatoms. The molecule has 0 bridgehead atoms. The molecule has 1 rings (SSSR count). The van der Waals surface area contributed by atoms with Crippen LogP contribution in [0.4, 0.5) is 0 Å². The summed E-state index contributed by atoms with van der Waals surface area (Å²) < 4.78 is 16.8. The first-order valence-corrected chi connectivity index (χ1v) is 7.89. The first kappa shape index (κ1) is 18.2. The Morgan fingerprint density at radius 1 is 1.29 bits per heavy atom. The predicted octanol–water partition coefficient (Wildman–Crippen LogP) is 2.79. The van der Waals surface area contributed by atoms with Crippen molar-refractivity contribution in [1.29, 1.82) is 0 Å². The van der Waals surface area contributed by atoms with Crippen LogP contribution in [0.3, 0.4) is 0 Å². The SMILES string of the molecule is COCCCOc1cc(C[C@H](N)C(C)C)c(Br)nc1OC. The van der Waals surface area contributed by atoms with Gasteiger partial charge in [-0.2, -0.15) is 0 Å². The molecule has 1 aromatic heterocycles. The lowest BCUT2D eigenvalue weighted by Gasteiger charge is -2.18. The van der Waals surface area contributed by atoms with Gasteiger partial charge < -0.3 is 19.9 Å². The summed E-state index contributed by atoms with van der Waals surface area (Å²) in [4.78, 5) is 4.39. The van der Waals surface area contributed by atoms with E-state index in [0.29, 0.717) is 30.8 Å². The molecule has 2 N–H and O–H groups in total. The number of methoxy groups -OCH3 is 2. The van der Waals surface area contributed by atoms with Crippen LogP contribution in [-0.4, -0.2) is 38.5 Å². The van der Waals surface area contributed by atoms with Crippen molar-refractivity contribution >= 4 is 15.9 Å². The topological polar surface area (TPSA) is 66.6 Å². The van der Waals surface area contributed by atoms with Crippen LogP contribution in [0.2, 0.25) is 0 Å². The average Bonchev–Trinajstić information content (AvgIpc) is 2.46. The molecule has 0 saturated carbocycles. The molecule has 0 unspecified atom stereocenters. The van der Waals surface area contributed by atoms with Crippen molar-refractivity contribution in [3.63, 3.8) is 0 Å². The fourth-order valence-electron chi connectivity index (χ4n) is 1.76. The Kier molecular flexibility index (Phi) is 8.00. The second kappa shape index (κ2) is 9.23. The van der Waals surface area contributed by atoms with Gasteiger partial charge in [0.05, 0.1) is 13.7 Å². The lowest BCUT2D eigenvalue weighted by molar-refractivity contribution is 0.170. The molecular formula is C15H25BrN2O3. The van der Waals surface area contributed by atoms with E-state index in [1.165, 1.54) is 0 Å². The summed E-state index contributed by atoms with van der Waals surface area (Å²) in [7, 11) is 3.25. The third kappa shape index (κ3) is 5.80. The van der Waals surface area contributed by atoms with Gasteiger partial charge in [-0.3, -0.25) is 0 Å². The molecule has 0 saturated heterocycles. The molecule has 0 aliphatic rings. The van der Waals surface area contributed by atoms with Crippen LogP contribution >= 0.6 is 15.9 Å². The van der Waals surface area contributed by atoms with E-state index in [-0.39, 0.29) is 6.04 Å². The maximum absolute atomic E-state index is 6.14. The molecule has 1 aromatic rings. The molecular weight excluding hydrogens is 336 g/mol. The number of halogens is 1. The number of hydrogen-bond acceptors (Lipinski definition) is 5. The summed E-state index contributed by atoms with van der Waals surface area (Å²) in [5, 5.41) is 0. The number of pyridine rings is 1. The third-order valence-electron chi connectivity index (χ3n) is 3.24. The Morgan fingerprint density at radius 3 is 2.57 bits per heavy atom. The molecule has 5 nitrogen and oxygen atoms in total. The van der Waals surface area contributed by atoms with Gasteiger partial charge in [0.1, 0.15) is 4.60 Å². The first-order valence-electron chi connectivity index (χ1n) is 7.10. The Hall–Kier alpha value is -0.850. The van der Waals surface area contributed by atoms with Crippen molar-refractivity contribution in [3.05, 3.63) is 16.2 Å². The van der Waals surface area contributed by atoms with Crippen molar-refractivity contribution in [3.8, 4) is 11.6 Å². The quantitative estimate of drug-likeness (QED) is 0.541. The second-order valence-corrected chi connectivity index (χ2v) is 6.00. The van der Waals surface area contributed by atoms with E-state index in [0.717, 1.165) is 23.0 Å². The van der Waals surface area contributed by atoms with Crippen LogP contribution in [0.15, 0.2) is 10.7 Å². The Labute approximate surface area is 135 Å². The summed E-state index contributed by atoms with van der Waals surface area (Å²) in [6.07, 6.45) is 1.56. The van der Waals surface area contributed by atoms with E-state index in [1.807, 2.05) is 6.07 Å². The zero-order valence-corrected chi connectivity index (χ0v) is 14.8. The number of aromatic nitrogens is 1. The molecule has 0 radical (unpaired) electrons. The Morgan fingerprint density at radius 2 is 2.00 bits per heavy atom. The predicted molar refractivity (Wildman–Crippen MR) is 87.0 cm³/mol. The minimum Gasteiger partial charge on any atom is -0.488 e. The van der Waals surface area contributed by atoms with Crippen molar-refractivity contribution in [2.75, 3.05) is 27.4 Å². The monoisotopic (exact) mass is 360 g/mol. The zero-order valence-electron chi connectivity index (χ0n) is 13.2. The maximum atomic E-state index is 6.14. The van der Waals surface area contributed by atoms with E-state index in [4.69, 9.17) is 19.9 Å². The van der Waals surface area contributed by atoms with Gasteiger partial charge in [-0.05, 0) is 39.9 Å². The van der Waals surface area contributed by atoms with Crippen molar-refractivity contribution in [2.45, 2.75) is 32.7 Å².